The minimum absolute atomic E-state index is 0.186. The molecule has 15 heavy (non-hydrogen) atoms. The van der Waals surface area contributed by atoms with Crippen molar-refractivity contribution in [1.82, 2.24) is 10.2 Å². The molecule has 0 aromatic carbocycles. The highest BCUT2D eigenvalue weighted by Gasteiger charge is 2.32. The van der Waals surface area contributed by atoms with Gasteiger partial charge in [-0.15, -0.1) is 0 Å². The molecule has 0 bridgehead atoms. The lowest BCUT2D eigenvalue weighted by atomic mass is 9.97. The lowest BCUT2D eigenvalue weighted by molar-refractivity contribution is -0.148. The van der Waals surface area contributed by atoms with E-state index >= 15 is 0 Å². The van der Waals surface area contributed by atoms with Crippen LogP contribution in [0, 0.1) is 0 Å². The van der Waals surface area contributed by atoms with E-state index < -0.39 is 5.54 Å². The van der Waals surface area contributed by atoms with E-state index in [4.69, 9.17) is 4.74 Å². The molecule has 4 nitrogen and oxygen atoms in total. The molecule has 0 heterocycles. The molecule has 4 heteroatoms. The van der Waals surface area contributed by atoms with Crippen LogP contribution in [0.1, 0.15) is 27.2 Å². The highest BCUT2D eigenvalue weighted by molar-refractivity contribution is 5.80. The summed E-state index contributed by atoms with van der Waals surface area (Å²) in [6.07, 6.45) is 0.762. The first-order valence-corrected chi connectivity index (χ1v) is 5.52. The predicted molar refractivity (Wildman–Crippen MR) is 61.9 cm³/mol. The normalized spacial score (nSPS) is 15.1. The summed E-state index contributed by atoms with van der Waals surface area (Å²) in [7, 11) is 3.48. The van der Waals surface area contributed by atoms with Crippen LogP contribution in [-0.2, 0) is 9.53 Å². The van der Waals surface area contributed by atoms with Gasteiger partial charge in [0.05, 0.1) is 7.11 Å². The molecule has 0 rings (SSSR count). The number of esters is 1. The molecule has 0 aliphatic rings. The van der Waals surface area contributed by atoms with Crippen molar-refractivity contribution in [3.8, 4) is 0 Å². The van der Waals surface area contributed by atoms with Gasteiger partial charge in [-0.25, -0.2) is 0 Å². The van der Waals surface area contributed by atoms with Gasteiger partial charge in [0.25, 0.3) is 0 Å². The summed E-state index contributed by atoms with van der Waals surface area (Å²) >= 11 is 0. The zero-order valence-electron chi connectivity index (χ0n) is 10.6. The number of likely N-dealkylation sites (N-methyl/N-ethyl adjacent to an activating group) is 1. The molecule has 0 fully saturated rings. The Morgan fingerprint density at radius 3 is 2.47 bits per heavy atom. The fourth-order valence-electron chi connectivity index (χ4n) is 1.45. The van der Waals surface area contributed by atoms with Crippen molar-refractivity contribution in [3.63, 3.8) is 0 Å². The molecule has 0 aliphatic heterocycles. The number of carbonyl (C=O) groups is 1. The second-order valence-electron chi connectivity index (χ2n) is 4.00. The summed E-state index contributed by atoms with van der Waals surface area (Å²) in [6.45, 7) is 8.62. The minimum Gasteiger partial charge on any atom is -0.468 e. The molecule has 0 spiro atoms. The first-order chi connectivity index (χ1) is 7.00. The third-order valence-corrected chi connectivity index (χ3v) is 2.74. The topological polar surface area (TPSA) is 41.6 Å². The van der Waals surface area contributed by atoms with Crippen molar-refractivity contribution in [1.29, 1.82) is 0 Å². The molecule has 1 N–H and O–H groups in total. The van der Waals surface area contributed by atoms with E-state index in [1.165, 1.54) is 7.11 Å². The molecule has 0 radical (unpaired) electrons. The molecule has 0 saturated heterocycles. The molecular weight excluding hydrogens is 192 g/mol. The molecule has 90 valence electrons. The number of nitrogens with zero attached hydrogens (tertiary/aromatic N) is 1. The van der Waals surface area contributed by atoms with Gasteiger partial charge < -0.3 is 15.0 Å². The van der Waals surface area contributed by atoms with Crippen LogP contribution in [0.5, 0.6) is 0 Å². The Hall–Kier alpha value is -0.610. The first-order valence-electron chi connectivity index (χ1n) is 5.52. The summed E-state index contributed by atoms with van der Waals surface area (Å²) in [5, 5.41) is 3.19. The number of nitrogens with one attached hydrogen (secondary N) is 1. The Morgan fingerprint density at radius 1 is 1.47 bits per heavy atom. The molecule has 1 atom stereocenters. The number of rotatable bonds is 7. The molecule has 0 aromatic rings. The maximum atomic E-state index is 11.6. The molecule has 1 unspecified atom stereocenters. The standard InChI is InChI=1S/C11H24N2O2/c1-6-12-11(3,10(14)15-5)8-9-13(4)7-2/h12H,6-9H2,1-5H3. The van der Waals surface area contributed by atoms with Crippen LogP contribution >= 0.6 is 0 Å². The van der Waals surface area contributed by atoms with Gasteiger partial charge in [-0.3, -0.25) is 4.79 Å². The van der Waals surface area contributed by atoms with E-state index in [0.717, 1.165) is 26.1 Å². The van der Waals surface area contributed by atoms with E-state index in [0.29, 0.717) is 0 Å². The lowest BCUT2D eigenvalue weighted by Crippen LogP contribution is -2.51. The second-order valence-corrected chi connectivity index (χ2v) is 4.00. The van der Waals surface area contributed by atoms with Crippen LogP contribution in [0.2, 0.25) is 0 Å². The monoisotopic (exact) mass is 216 g/mol. The van der Waals surface area contributed by atoms with Crippen molar-refractivity contribution >= 4 is 5.97 Å². The maximum absolute atomic E-state index is 11.6. The average molecular weight is 216 g/mol. The van der Waals surface area contributed by atoms with E-state index in [-0.39, 0.29) is 5.97 Å². The predicted octanol–water partition coefficient (Wildman–Crippen LogP) is 0.869. The molecular formula is C11H24N2O2. The van der Waals surface area contributed by atoms with Gasteiger partial charge in [-0.05, 0) is 33.5 Å². The SMILES string of the molecule is CCNC(C)(CCN(C)CC)C(=O)OC. The third-order valence-electron chi connectivity index (χ3n) is 2.74. The summed E-state index contributed by atoms with van der Waals surface area (Å²) in [6, 6.07) is 0. The number of ether oxygens (including phenoxy) is 1. The second kappa shape index (κ2) is 6.80. The summed E-state index contributed by atoms with van der Waals surface area (Å²) < 4.78 is 4.81. The average Bonchev–Trinajstić information content (AvgIpc) is 2.25. The Balaban J connectivity index is 4.31. The Kier molecular flexibility index (Phi) is 6.52. The summed E-state index contributed by atoms with van der Waals surface area (Å²) in [5.41, 5.74) is -0.563. The van der Waals surface area contributed by atoms with Crippen molar-refractivity contribution in [3.05, 3.63) is 0 Å². The largest absolute Gasteiger partial charge is 0.468 e. The Morgan fingerprint density at radius 2 is 2.07 bits per heavy atom. The smallest absolute Gasteiger partial charge is 0.325 e. The lowest BCUT2D eigenvalue weighted by Gasteiger charge is -2.29. The van der Waals surface area contributed by atoms with Crippen molar-refractivity contribution < 1.29 is 9.53 Å². The van der Waals surface area contributed by atoms with Crippen molar-refractivity contribution in [2.45, 2.75) is 32.7 Å². The van der Waals surface area contributed by atoms with E-state index in [1.54, 1.807) is 0 Å². The van der Waals surface area contributed by atoms with Crippen LogP contribution in [0.15, 0.2) is 0 Å². The van der Waals surface area contributed by atoms with E-state index in [9.17, 15) is 4.79 Å². The van der Waals surface area contributed by atoms with Crippen LogP contribution < -0.4 is 5.32 Å². The van der Waals surface area contributed by atoms with E-state index in [2.05, 4.69) is 17.1 Å². The summed E-state index contributed by atoms with van der Waals surface area (Å²) in [4.78, 5) is 13.8. The Labute approximate surface area is 93.0 Å². The van der Waals surface area contributed by atoms with E-state index in [1.807, 2.05) is 20.9 Å². The van der Waals surface area contributed by atoms with Gasteiger partial charge in [0, 0.05) is 6.54 Å². The quantitative estimate of drug-likeness (QED) is 0.641. The number of carbonyl (C=O) groups excluding carboxylic acids is 1. The zero-order valence-corrected chi connectivity index (χ0v) is 10.6. The minimum atomic E-state index is -0.563. The van der Waals surface area contributed by atoms with Gasteiger partial charge in [0.2, 0.25) is 0 Å². The number of methoxy groups -OCH3 is 1. The first kappa shape index (κ1) is 14.4. The Bertz CT molecular complexity index is 197. The maximum Gasteiger partial charge on any atom is 0.325 e. The highest BCUT2D eigenvalue weighted by Crippen LogP contribution is 2.12. The number of hydrogen-bond acceptors (Lipinski definition) is 4. The third kappa shape index (κ3) is 4.62. The van der Waals surface area contributed by atoms with Crippen molar-refractivity contribution in [2.75, 3.05) is 33.8 Å². The molecule has 0 aromatic heterocycles. The van der Waals surface area contributed by atoms with Crippen LogP contribution in [0.3, 0.4) is 0 Å². The highest BCUT2D eigenvalue weighted by atomic mass is 16.5. The van der Waals surface area contributed by atoms with Crippen LogP contribution in [-0.4, -0.2) is 50.2 Å². The molecule has 0 aliphatic carbocycles. The fraction of sp³-hybridized carbons (Fsp3) is 0.909. The zero-order chi connectivity index (χ0) is 11.9. The number of hydrogen-bond donors (Lipinski definition) is 1. The van der Waals surface area contributed by atoms with Gasteiger partial charge in [0.15, 0.2) is 0 Å². The van der Waals surface area contributed by atoms with Crippen LogP contribution in [0.4, 0.5) is 0 Å². The summed E-state index contributed by atoms with van der Waals surface area (Å²) in [5.74, 6) is -0.186. The van der Waals surface area contributed by atoms with Gasteiger partial charge in [-0.2, -0.15) is 0 Å². The van der Waals surface area contributed by atoms with Crippen LogP contribution in [0.25, 0.3) is 0 Å². The molecule has 0 saturated carbocycles. The van der Waals surface area contributed by atoms with Gasteiger partial charge in [0.1, 0.15) is 5.54 Å². The van der Waals surface area contributed by atoms with Gasteiger partial charge >= 0.3 is 5.97 Å². The fourth-order valence-corrected chi connectivity index (χ4v) is 1.45. The molecule has 0 amide bonds. The van der Waals surface area contributed by atoms with Crippen molar-refractivity contribution in [2.24, 2.45) is 0 Å². The van der Waals surface area contributed by atoms with Gasteiger partial charge in [-0.1, -0.05) is 13.8 Å².